The summed E-state index contributed by atoms with van der Waals surface area (Å²) in [6, 6.07) is 9.17. The Morgan fingerprint density at radius 2 is 2.11 bits per heavy atom. The number of benzene rings is 1. The molecule has 0 saturated carbocycles. The van der Waals surface area contributed by atoms with Crippen LogP contribution in [0.15, 0.2) is 40.5 Å². The van der Waals surface area contributed by atoms with E-state index in [1.165, 1.54) is 0 Å². The minimum absolute atomic E-state index is 0.136. The Morgan fingerprint density at radius 3 is 2.68 bits per heavy atom. The second-order valence-corrected chi connectivity index (χ2v) is 5.27. The Balaban J connectivity index is 2.05. The van der Waals surface area contributed by atoms with Gasteiger partial charge in [-0.25, -0.2) is 0 Å². The van der Waals surface area contributed by atoms with Crippen molar-refractivity contribution < 1.29 is 4.79 Å². The molecule has 1 aromatic carbocycles. The van der Waals surface area contributed by atoms with E-state index in [4.69, 9.17) is 5.73 Å². The number of rotatable bonds is 4. The lowest BCUT2D eigenvalue weighted by atomic mass is 9.92. The number of hydrogen-bond donors (Lipinski definition) is 3. The van der Waals surface area contributed by atoms with E-state index in [0.717, 1.165) is 16.9 Å². The molecule has 5 nitrogen and oxygen atoms in total. The molecule has 0 fully saturated rings. The summed E-state index contributed by atoms with van der Waals surface area (Å²) < 4.78 is 0. The first-order chi connectivity index (χ1) is 9.00. The molecule has 2 aromatic rings. The zero-order valence-electron chi connectivity index (χ0n) is 10.5. The molecule has 1 unspecified atom stereocenters. The van der Waals surface area contributed by atoms with Crippen molar-refractivity contribution >= 4 is 17.2 Å². The van der Waals surface area contributed by atoms with Crippen LogP contribution in [0.3, 0.4) is 0 Å². The fourth-order valence-corrected chi connectivity index (χ4v) is 2.26. The molecular formula is C13H15N3O2S. The smallest absolute Gasteiger partial charge is 0.304 e. The molecule has 0 bridgehead atoms. The largest absolute Gasteiger partial charge is 0.349 e. The zero-order chi connectivity index (χ0) is 13.9. The number of carbonyl (C=O) groups excluding carboxylic acids is 1. The van der Waals surface area contributed by atoms with E-state index >= 15 is 0 Å². The average Bonchev–Trinajstić information content (AvgIpc) is 2.82. The Bertz CT molecular complexity index is 616. The minimum atomic E-state index is -1.10. The SMILES string of the molecule is CC(N)(C(=O)NCc1csc(=O)[nH]1)c1ccccc1. The third kappa shape index (κ3) is 3.10. The van der Waals surface area contributed by atoms with Crippen molar-refractivity contribution in [2.45, 2.75) is 19.0 Å². The summed E-state index contributed by atoms with van der Waals surface area (Å²) in [7, 11) is 0. The minimum Gasteiger partial charge on any atom is -0.349 e. The first-order valence-corrected chi connectivity index (χ1v) is 6.67. The van der Waals surface area contributed by atoms with E-state index in [0.29, 0.717) is 5.69 Å². The van der Waals surface area contributed by atoms with Crippen LogP contribution in [0, 0.1) is 0 Å². The second kappa shape index (κ2) is 5.38. The second-order valence-electron chi connectivity index (χ2n) is 4.42. The van der Waals surface area contributed by atoms with E-state index in [1.807, 2.05) is 30.3 Å². The lowest BCUT2D eigenvalue weighted by molar-refractivity contribution is -0.126. The van der Waals surface area contributed by atoms with E-state index in [1.54, 1.807) is 12.3 Å². The number of amides is 1. The molecule has 2 rings (SSSR count). The maximum atomic E-state index is 12.1. The van der Waals surface area contributed by atoms with Crippen LogP contribution in [0.5, 0.6) is 0 Å². The molecule has 1 heterocycles. The molecule has 0 aliphatic carbocycles. The molecule has 4 N–H and O–H groups in total. The highest BCUT2D eigenvalue weighted by Gasteiger charge is 2.29. The highest BCUT2D eigenvalue weighted by molar-refractivity contribution is 7.07. The van der Waals surface area contributed by atoms with E-state index in [9.17, 15) is 9.59 Å². The van der Waals surface area contributed by atoms with Crippen LogP contribution in [0.2, 0.25) is 0 Å². The van der Waals surface area contributed by atoms with Crippen molar-refractivity contribution in [1.82, 2.24) is 10.3 Å². The normalized spacial score (nSPS) is 13.8. The predicted octanol–water partition coefficient (Wildman–Crippen LogP) is 0.927. The first-order valence-electron chi connectivity index (χ1n) is 5.79. The zero-order valence-corrected chi connectivity index (χ0v) is 11.3. The molecule has 1 atom stereocenters. The lowest BCUT2D eigenvalue weighted by Crippen LogP contribution is -2.48. The summed E-state index contributed by atoms with van der Waals surface area (Å²) in [5.74, 6) is -0.286. The van der Waals surface area contributed by atoms with Crippen LogP contribution < -0.4 is 15.9 Å². The monoisotopic (exact) mass is 277 g/mol. The van der Waals surface area contributed by atoms with Gasteiger partial charge in [-0.2, -0.15) is 0 Å². The van der Waals surface area contributed by atoms with Crippen LogP contribution in [0.25, 0.3) is 0 Å². The number of nitrogens with two attached hydrogens (primary N) is 1. The highest BCUT2D eigenvalue weighted by atomic mass is 32.1. The van der Waals surface area contributed by atoms with Crippen molar-refractivity contribution in [2.75, 3.05) is 0 Å². The summed E-state index contributed by atoms with van der Waals surface area (Å²) in [4.78, 5) is 25.6. The van der Waals surface area contributed by atoms with Gasteiger partial charge in [0.25, 0.3) is 0 Å². The molecular weight excluding hydrogens is 262 g/mol. The molecule has 1 amide bonds. The van der Waals surface area contributed by atoms with E-state index in [-0.39, 0.29) is 17.3 Å². The number of aromatic amines is 1. The van der Waals surface area contributed by atoms with Crippen LogP contribution in [0.4, 0.5) is 0 Å². The van der Waals surface area contributed by atoms with Crippen LogP contribution in [-0.2, 0) is 16.9 Å². The van der Waals surface area contributed by atoms with Gasteiger partial charge in [0.2, 0.25) is 5.91 Å². The number of carbonyl (C=O) groups is 1. The lowest BCUT2D eigenvalue weighted by Gasteiger charge is -2.23. The maximum absolute atomic E-state index is 12.1. The summed E-state index contributed by atoms with van der Waals surface area (Å²) >= 11 is 1.07. The molecule has 0 spiro atoms. The van der Waals surface area contributed by atoms with Crippen molar-refractivity contribution in [3.8, 4) is 0 Å². The van der Waals surface area contributed by atoms with Gasteiger partial charge in [0.15, 0.2) is 0 Å². The van der Waals surface area contributed by atoms with Gasteiger partial charge in [-0.05, 0) is 12.5 Å². The fraction of sp³-hybridized carbons (Fsp3) is 0.231. The maximum Gasteiger partial charge on any atom is 0.304 e. The van der Waals surface area contributed by atoms with Gasteiger partial charge in [-0.15, -0.1) is 0 Å². The number of H-pyrrole nitrogens is 1. The van der Waals surface area contributed by atoms with Crippen molar-refractivity contribution in [2.24, 2.45) is 5.73 Å². The quantitative estimate of drug-likeness (QED) is 0.776. The Hall–Kier alpha value is -1.92. The summed E-state index contributed by atoms with van der Waals surface area (Å²) in [5, 5.41) is 4.40. The van der Waals surface area contributed by atoms with Gasteiger partial charge in [0, 0.05) is 11.1 Å². The Morgan fingerprint density at radius 1 is 1.42 bits per heavy atom. The van der Waals surface area contributed by atoms with Gasteiger partial charge in [0.05, 0.1) is 6.54 Å². The number of thiazole rings is 1. The van der Waals surface area contributed by atoms with Crippen molar-refractivity contribution in [3.63, 3.8) is 0 Å². The van der Waals surface area contributed by atoms with Gasteiger partial charge < -0.3 is 16.0 Å². The number of hydrogen-bond acceptors (Lipinski definition) is 4. The number of nitrogens with one attached hydrogen (secondary N) is 2. The third-order valence-corrected chi connectivity index (χ3v) is 3.57. The molecule has 100 valence electrons. The highest BCUT2D eigenvalue weighted by Crippen LogP contribution is 2.17. The van der Waals surface area contributed by atoms with Crippen molar-refractivity contribution in [3.05, 3.63) is 56.6 Å². The van der Waals surface area contributed by atoms with Crippen molar-refractivity contribution in [1.29, 1.82) is 0 Å². The summed E-state index contributed by atoms with van der Waals surface area (Å²) in [6.07, 6.45) is 0. The molecule has 0 radical (unpaired) electrons. The van der Waals surface area contributed by atoms with E-state index < -0.39 is 5.54 Å². The van der Waals surface area contributed by atoms with Gasteiger partial charge in [-0.3, -0.25) is 9.59 Å². The number of aromatic nitrogens is 1. The fourth-order valence-electron chi connectivity index (χ4n) is 1.68. The molecule has 1 aromatic heterocycles. The van der Waals surface area contributed by atoms with Gasteiger partial charge in [-0.1, -0.05) is 41.7 Å². The van der Waals surface area contributed by atoms with Gasteiger partial charge in [0.1, 0.15) is 5.54 Å². The van der Waals surface area contributed by atoms with Crippen LogP contribution in [0.1, 0.15) is 18.2 Å². The Kier molecular flexibility index (Phi) is 3.82. The standard InChI is InChI=1S/C13H15N3O2S/c1-13(14,9-5-3-2-4-6-9)11(17)15-7-10-8-19-12(18)16-10/h2-6,8H,7,14H2,1H3,(H,15,17)(H,16,18). The topological polar surface area (TPSA) is 88.0 Å². The molecule has 0 aliphatic heterocycles. The first kappa shape index (κ1) is 13.5. The van der Waals surface area contributed by atoms with Crippen LogP contribution >= 0.6 is 11.3 Å². The predicted molar refractivity (Wildman–Crippen MR) is 74.8 cm³/mol. The van der Waals surface area contributed by atoms with E-state index in [2.05, 4.69) is 10.3 Å². The molecule has 19 heavy (non-hydrogen) atoms. The summed E-state index contributed by atoms with van der Waals surface area (Å²) in [6.45, 7) is 1.92. The third-order valence-electron chi connectivity index (χ3n) is 2.86. The molecule has 6 heteroatoms. The average molecular weight is 277 g/mol. The van der Waals surface area contributed by atoms with Gasteiger partial charge >= 0.3 is 4.87 Å². The molecule has 0 aliphatic rings. The molecule has 0 saturated heterocycles. The summed E-state index contributed by atoms with van der Waals surface area (Å²) in [5.41, 5.74) is 6.39. The van der Waals surface area contributed by atoms with Crippen LogP contribution in [-0.4, -0.2) is 10.9 Å². The Labute approximate surface area is 114 Å².